The normalized spacial score (nSPS) is 12.6. The molecule has 0 aromatic rings. The second-order valence-electron chi connectivity index (χ2n) is 6.37. The van der Waals surface area contributed by atoms with Gasteiger partial charge in [-0.15, -0.1) is 0 Å². The zero-order chi connectivity index (χ0) is 16.3. The molecule has 0 spiro atoms. The third-order valence-electron chi connectivity index (χ3n) is 3.85. The van der Waals surface area contributed by atoms with Crippen molar-refractivity contribution < 1.29 is 9.47 Å². The average Bonchev–Trinajstić information content (AvgIpc) is 2.39. The van der Waals surface area contributed by atoms with Crippen LogP contribution in [-0.4, -0.2) is 74.0 Å². The monoisotopic (exact) mass is 302 g/mol. The molecule has 0 aliphatic carbocycles. The zero-order valence-electron chi connectivity index (χ0n) is 15.4. The molecule has 4 heteroatoms. The lowest BCUT2D eigenvalue weighted by molar-refractivity contribution is 0.0228. The van der Waals surface area contributed by atoms with Crippen LogP contribution in [-0.2, 0) is 9.47 Å². The Kier molecular flexibility index (Phi) is 12.3. The van der Waals surface area contributed by atoms with E-state index in [0.717, 1.165) is 32.8 Å². The molecule has 0 bridgehead atoms. The molecular formula is C17H38N2O2. The maximum atomic E-state index is 5.67. The van der Waals surface area contributed by atoms with Gasteiger partial charge in [0.1, 0.15) is 0 Å². The molecular weight excluding hydrogens is 264 g/mol. The molecule has 0 N–H and O–H groups in total. The first kappa shape index (κ1) is 20.8. The van der Waals surface area contributed by atoms with Gasteiger partial charge >= 0.3 is 0 Å². The molecule has 0 aliphatic rings. The number of nitrogens with zero attached hydrogens (tertiary/aromatic N) is 2. The number of likely N-dealkylation sites (N-methyl/N-ethyl adjacent to an activating group) is 1. The van der Waals surface area contributed by atoms with Crippen LogP contribution in [0.25, 0.3) is 0 Å². The summed E-state index contributed by atoms with van der Waals surface area (Å²) in [4.78, 5) is 4.85. The second kappa shape index (κ2) is 12.4. The van der Waals surface area contributed by atoms with Crippen molar-refractivity contribution in [2.24, 2.45) is 0 Å². The predicted molar refractivity (Wildman–Crippen MR) is 91.0 cm³/mol. The summed E-state index contributed by atoms with van der Waals surface area (Å²) in [6, 6.07) is 1.73. The lowest BCUT2D eigenvalue weighted by atomic mass is 10.2. The predicted octanol–water partition coefficient (Wildman–Crippen LogP) is 2.87. The molecule has 0 atom stereocenters. The van der Waals surface area contributed by atoms with Gasteiger partial charge in [-0.05, 0) is 48.1 Å². The van der Waals surface area contributed by atoms with E-state index in [1.54, 1.807) is 0 Å². The SMILES string of the molecule is CCN(CCOCCOCCN(C(C)C)C(C)C)C(C)C. The standard InChI is InChI=1S/C17H38N2O2/c1-8-18(15(2)3)9-11-20-13-14-21-12-10-19(16(4)5)17(6)7/h15-17H,8-14H2,1-7H3. The molecule has 0 aliphatic heterocycles. The highest BCUT2D eigenvalue weighted by Gasteiger charge is 2.12. The van der Waals surface area contributed by atoms with Gasteiger partial charge in [-0.3, -0.25) is 9.80 Å². The summed E-state index contributed by atoms with van der Waals surface area (Å²) in [7, 11) is 0. The molecule has 0 aromatic carbocycles. The van der Waals surface area contributed by atoms with Crippen molar-refractivity contribution in [1.29, 1.82) is 0 Å². The van der Waals surface area contributed by atoms with Crippen LogP contribution >= 0.6 is 0 Å². The van der Waals surface area contributed by atoms with E-state index >= 15 is 0 Å². The van der Waals surface area contributed by atoms with E-state index in [4.69, 9.17) is 9.47 Å². The summed E-state index contributed by atoms with van der Waals surface area (Å²) in [5.74, 6) is 0. The number of rotatable bonds is 13. The lowest BCUT2D eigenvalue weighted by Crippen LogP contribution is -2.39. The maximum absolute atomic E-state index is 5.67. The van der Waals surface area contributed by atoms with Crippen molar-refractivity contribution in [3.05, 3.63) is 0 Å². The van der Waals surface area contributed by atoms with Gasteiger partial charge in [-0.1, -0.05) is 6.92 Å². The molecule has 128 valence electrons. The van der Waals surface area contributed by atoms with Gasteiger partial charge in [0.25, 0.3) is 0 Å². The van der Waals surface area contributed by atoms with E-state index in [1.165, 1.54) is 0 Å². The van der Waals surface area contributed by atoms with Crippen molar-refractivity contribution in [3.8, 4) is 0 Å². The minimum Gasteiger partial charge on any atom is -0.378 e. The Labute approximate surface area is 132 Å². The molecule has 0 rings (SSSR count). The molecule has 0 unspecified atom stereocenters. The Balaban J connectivity index is 3.52. The highest BCUT2D eigenvalue weighted by molar-refractivity contribution is 4.66. The van der Waals surface area contributed by atoms with Crippen LogP contribution in [0, 0.1) is 0 Å². The van der Waals surface area contributed by atoms with Crippen molar-refractivity contribution in [2.75, 3.05) is 46.1 Å². The molecule has 21 heavy (non-hydrogen) atoms. The van der Waals surface area contributed by atoms with Crippen LogP contribution < -0.4 is 0 Å². The third kappa shape index (κ3) is 10.2. The van der Waals surface area contributed by atoms with Gasteiger partial charge in [-0.2, -0.15) is 0 Å². The minimum atomic E-state index is 0.570. The van der Waals surface area contributed by atoms with Crippen molar-refractivity contribution >= 4 is 0 Å². The summed E-state index contributed by atoms with van der Waals surface area (Å²) in [5, 5.41) is 0. The van der Waals surface area contributed by atoms with E-state index < -0.39 is 0 Å². The second-order valence-corrected chi connectivity index (χ2v) is 6.37. The molecule has 0 fully saturated rings. The zero-order valence-corrected chi connectivity index (χ0v) is 15.4. The van der Waals surface area contributed by atoms with E-state index in [9.17, 15) is 0 Å². The number of ether oxygens (including phenoxy) is 2. The van der Waals surface area contributed by atoms with Gasteiger partial charge in [-0.25, -0.2) is 0 Å². The van der Waals surface area contributed by atoms with Crippen LogP contribution in [0.1, 0.15) is 48.5 Å². The fraction of sp³-hybridized carbons (Fsp3) is 1.00. The lowest BCUT2D eigenvalue weighted by Gasteiger charge is -2.30. The highest BCUT2D eigenvalue weighted by atomic mass is 16.5. The Hall–Kier alpha value is -0.160. The van der Waals surface area contributed by atoms with E-state index in [1.807, 2.05) is 0 Å². The topological polar surface area (TPSA) is 24.9 Å². The summed E-state index contributed by atoms with van der Waals surface area (Å²) >= 11 is 0. The highest BCUT2D eigenvalue weighted by Crippen LogP contribution is 2.03. The van der Waals surface area contributed by atoms with Crippen molar-refractivity contribution in [1.82, 2.24) is 9.80 Å². The summed E-state index contributed by atoms with van der Waals surface area (Å²) < 4.78 is 11.3. The van der Waals surface area contributed by atoms with Crippen LogP contribution in [0.15, 0.2) is 0 Å². The maximum Gasteiger partial charge on any atom is 0.0701 e. The molecule has 0 amide bonds. The average molecular weight is 303 g/mol. The van der Waals surface area contributed by atoms with Crippen LogP contribution in [0.5, 0.6) is 0 Å². The fourth-order valence-electron chi connectivity index (χ4n) is 2.57. The van der Waals surface area contributed by atoms with E-state index in [0.29, 0.717) is 31.3 Å². The first-order valence-electron chi connectivity index (χ1n) is 8.55. The van der Waals surface area contributed by atoms with E-state index in [-0.39, 0.29) is 0 Å². The van der Waals surface area contributed by atoms with Crippen LogP contribution in [0.4, 0.5) is 0 Å². The van der Waals surface area contributed by atoms with Gasteiger partial charge in [0.15, 0.2) is 0 Å². The van der Waals surface area contributed by atoms with E-state index in [2.05, 4.69) is 58.3 Å². The van der Waals surface area contributed by atoms with Crippen molar-refractivity contribution in [2.45, 2.75) is 66.6 Å². The fourth-order valence-corrected chi connectivity index (χ4v) is 2.57. The summed E-state index contributed by atoms with van der Waals surface area (Å²) in [5.41, 5.74) is 0. The van der Waals surface area contributed by atoms with Gasteiger partial charge in [0.2, 0.25) is 0 Å². The Morgan fingerprint density at radius 1 is 0.667 bits per heavy atom. The molecule has 0 saturated carbocycles. The quantitative estimate of drug-likeness (QED) is 0.488. The molecule has 4 nitrogen and oxygen atoms in total. The molecule has 0 heterocycles. The minimum absolute atomic E-state index is 0.570. The molecule has 0 radical (unpaired) electrons. The third-order valence-corrected chi connectivity index (χ3v) is 3.85. The smallest absolute Gasteiger partial charge is 0.0701 e. The summed E-state index contributed by atoms with van der Waals surface area (Å²) in [6.45, 7) is 21.6. The Morgan fingerprint density at radius 3 is 1.52 bits per heavy atom. The Morgan fingerprint density at radius 2 is 1.14 bits per heavy atom. The number of hydrogen-bond donors (Lipinski definition) is 0. The molecule has 0 saturated heterocycles. The first-order chi connectivity index (χ1) is 9.90. The van der Waals surface area contributed by atoms with Gasteiger partial charge in [0.05, 0.1) is 26.4 Å². The largest absolute Gasteiger partial charge is 0.378 e. The van der Waals surface area contributed by atoms with Gasteiger partial charge in [0, 0.05) is 31.2 Å². The van der Waals surface area contributed by atoms with Crippen LogP contribution in [0.2, 0.25) is 0 Å². The number of hydrogen-bond acceptors (Lipinski definition) is 4. The van der Waals surface area contributed by atoms with Crippen LogP contribution in [0.3, 0.4) is 0 Å². The Bertz CT molecular complexity index is 225. The summed E-state index contributed by atoms with van der Waals surface area (Å²) in [6.07, 6.45) is 0. The van der Waals surface area contributed by atoms with Gasteiger partial charge < -0.3 is 9.47 Å². The van der Waals surface area contributed by atoms with Crippen molar-refractivity contribution in [3.63, 3.8) is 0 Å². The first-order valence-corrected chi connectivity index (χ1v) is 8.55. The molecule has 0 aromatic heterocycles.